The van der Waals surface area contributed by atoms with Crippen molar-refractivity contribution >= 4 is 10.0 Å². The zero-order valence-electron chi connectivity index (χ0n) is 12.9. The van der Waals surface area contributed by atoms with Crippen molar-refractivity contribution in [1.29, 1.82) is 0 Å². The SMILES string of the molecule is Cc1cc(S(=O)(=O)NCc2noc(-c3cccc(F)c3)n2)c(C)o1. The van der Waals surface area contributed by atoms with E-state index in [0.29, 0.717) is 17.1 Å². The molecule has 0 fully saturated rings. The molecule has 1 aromatic carbocycles. The molecular weight excluding hydrogens is 337 g/mol. The summed E-state index contributed by atoms with van der Waals surface area (Å²) in [6.45, 7) is 3.07. The second-order valence-corrected chi connectivity index (χ2v) is 6.86. The highest BCUT2D eigenvalue weighted by molar-refractivity contribution is 7.89. The average Bonchev–Trinajstić information content (AvgIpc) is 3.12. The standard InChI is InChI=1S/C15H14FN3O4S/c1-9-6-13(10(2)22-9)24(20,21)17-8-14-18-15(23-19-14)11-4-3-5-12(16)7-11/h3-7,17H,8H2,1-2H3. The van der Waals surface area contributed by atoms with Gasteiger partial charge in [-0.3, -0.25) is 0 Å². The van der Waals surface area contributed by atoms with Crippen LogP contribution in [0.2, 0.25) is 0 Å². The molecule has 0 amide bonds. The Labute approximate surface area is 137 Å². The number of benzene rings is 1. The third-order valence-electron chi connectivity index (χ3n) is 3.24. The molecule has 0 spiro atoms. The molecule has 1 N–H and O–H groups in total. The Bertz CT molecular complexity index is 978. The van der Waals surface area contributed by atoms with Crippen LogP contribution in [-0.4, -0.2) is 18.6 Å². The molecule has 2 aromatic heterocycles. The highest BCUT2D eigenvalue weighted by atomic mass is 32.2. The van der Waals surface area contributed by atoms with Crippen LogP contribution >= 0.6 is 0 Å². The lowest BCUT2D eigenvalue weighted by atomic mass is 10.2. The largest absolute Gasteiger partial charge is 0.465 e. The first-order valence-electron chi connectivity index (χ1n) is 7.00. The van der Waals surface area contributed by atoms with E-state index in [1.807, 2.05) is 0 Å². The van der Waals surface area contributed by atoms with E-state index in [2.05, 4.69) is 14.9 Å². The van der Waals surface area contributed by atoms with Crippen LogP contribution < -0.4 is 4.72 Å². The number of furan rings is 1. The van der Waals surface area contributed by atoms with E-state index in [0.717, 1.165) is 0 Å². The monoisotopic (exact) mass is 351 g/mol. The van der Waals surface area contributed by atoms with Gasteiger partial charge in [-0.1, -0.05) is 11.2 Å². The van der Waals surface area contributed by atoms with E-state index in [1.54, 1.807) is 19.9 Å². The van der Waals surface area contributed by atoms with Crippen LogP contribution in [0.3, 0.4) is 0 Å². The highest BCUT2D eigenvalue weighted by Crippen LogP contribution is 2.20. The lowest BCUT2D eigenvalue weighted by Gasteiger charge is -2.02. The second kappa shape index (κ2) is 6.17. The van der Waals surface area contributed by atoms with Crippen LogP contribution in [0.15, 0.2) is 44.2 Å². The summed E-state index contributed by atoms with van der Waals surface area (Å²) < 4.78 is 50.3. The van der Waals surface area contributed by atoms with Crippen LogP contribution in [0.5, 0.6) is 0 Å². The Kier molecular flexibility index (Phi) is 4.20. The Morgan fingerprint density at radius 2 is 2.04 bits per heavy atom. The lowest BCUT2D eigenvalue weighted by Crippen LogP contribution is -2.24. The van der Waals surface area contributed by atoms with Crippen molar-refractivity contribution in [2.45, 2.75) is 25.3 Å². The van der Waals surface area contributed by atoms with Gasteiger partial charge < -0.3 is 8.94 Å². The van der Waals surface area contributed by atoms with E-state index in [1.165, 1.54) is 24.3 Å². The average molecular weight is 351 g/mol. The number of sulfonamides is 1. The van der Waals surface area contributed by atoms with E-state index < -0.39 is 15.8 Å². The summed E-state index contributed by atoms with van der Waals surface area (Å²) in [6.07, 6.45) is 0. The molecule has 0 aliphatic carbocycles. The maximum atomic E-state index is 13.2. The van der Waals surface area contributed by atoms with Crippen molar-refractivity contribution in [2.24, 2.45) is 0 Å². The van der Waals surface area contributed by atoms with Gasteiger partial charge in [-0.2, -0.15) is 4.98 Å². The molecule has 0 radical (unpaired) electrons. The Morgan fingerprint density at radius 1 is 1.25 bits per heavy atom. The Hall–Kier alpha value is -2.52. The second-order valence-electron chi connectivity index (χ2n) is 5.13. The molecule has 24 heavy (non-hydrogen) atoms. The predicted octanol–water partition coefficient (Wildman–Crippen LogP) is 2.56. The van der Waals surface area contributed by atoms with E-state index in [9.17, 15) is 12.8 Å². The van der Waals surface area contributed by atoms with E-state index >= 15 is 0 Å². The molecule has 0 bridgehead atoms. The van der Waals surface area contributed by atoms with E-state index in [-0.39, 0.29) is 23.2 Å². The van der Waals surface area contributed by atoms with Gasteiger partial charge in [-0.05, 0) is 38.1 Å². The number of nitrogens with zero attached hydrogens (tertiary/aromatic N) is 2. The molecule has 0 aliphatic rings. The maximum Gasteiger partial charge on any atom is 0.258 e. The van der Waals surface area contributed by atoms with Crippen molar-refractivity contribution in [3.8, 4) is 11.5 Å². The molecule has 3 rings (SSSR count). The Balaban J connectivity index is 1.75. The number of aromatic nitrogens is 2. The van der Waals surface area contributed by atoms with Gasteiger partial charge in [0.25, 0.3) is 5.89 Å². The number of hydrogen-bond donors (Lipinski definition) is 1. The summed E-state index contributed by atoms with van der Waals surface area (Å²) in [6, 6.07) is 7.11. The zero-order valence-corrected chi connectivity index (χ0v) is 13.7. The van der Waals surface area contributed by atoms with E-state index in [4.69, 9.17) is 8.94 Å². The quantitative estimate of drug-likeness (QED) is 0.758. The fraction of sp³-hybridized carbons (Fsp3) is 0.200. The molecule has 0 aliphatic heterocycles. The molecule has 3 aromatic rings. The van der Waals surface area contributed by atoms with Gasteiger partial charge in [-0.25, -0.2) is 17.5 Å². The zero-order chi connectivity index (χ0) is 17.3. The minimum absolute atomic E-state index is 0.0637. The van der Waals surface area contributed by atoms with Crippen LogP contribution in [0.25, 0.3) is 11.5 Å². The summed E-state index contributed by atoms with van der Waals surface area (Å²) in [4.78, 5) is 4.11. The van der Waals surface area contributed by atoms with Crippen molar-refractivity contribution in [3.05, 3.63) is 53.5 Å². The number of aryl methyl sites for hydroxylation is 2. The fourth-order valence-electron chi connectivity index (χ4n) is 2.18. The topological polar surface area (TPSA) is 98.2 Å². The first kappa shape index (κ1) is 16.3. The van der Waals surface area contributed by atoms with Gasteiger partial charge in [0.05, 0.1) is 6.54 Å². The highest BCUT2D eigenvalue weighted by Gasteiger charge is 2.21. The molecule has 0 saturated heterocycles. The minimum Gasteiger partial charge on any atom is -0.465 e. The molecule has 7 nitrogen and oxygen atoms in total. The molecule has 2 heterocycles. The molecule has 0 unspecified atom stereocenters. The summed E-state index contributed by atoms with van der Waals surface area (Å²) in [5, 5.41) is 3.69. The summed E-state index contributed by atoms with van der Waals surface area (Å²) >= 11 is 0. The van der Waals surface area contributed by atoms with Gasteiger partial charge >= 0.3 is 0 Å². The smallest absolute Gasteiger partial charge is 0.258 e. The molecular formula is C15H14FN3O4S. The fourth-order valence-corrected chi connectivity index (χ4v) is 3.39. The van der Waals surface area contributed by atoms with Gasteiger partial charge in [0.1, 0.15) is 22.2 Å². The normalized spacial score (nSPS) is 11.8. The molecule has 126 valence electrons. The Morgan fingerprint density at radius 3 is 2.71 bits per heavy atom. The van der Waals surface area contributed by atoms with Crippen LogP contribution in [0.1, 0.15) is 17.3 Å². The van der Waals surface area contributed by atoms with Gasteiger partial charge in [0.15, 0.2) is 5.82 Å². The van der Waals surface area contributed by atoms with Crippen LogP contribution in [0, 0.1) is 19.7 Å². The third kappa shape index (κ3) is 3.36. The van der Waals surface area contributed by atoms with Crippen molar-refractivity contribution in [3.63, 3.8) is 0 Å². The van der Waals surface area contributed by atoms with Crippen LogP contribution in [-0.2, 0) is 16.6 Å². The number of hydrogen-bond acceptors (Lipinski definition) is 6. The van der Waals surface area contributed by atoms with Crippen molar-refractivity contribution < 1.29 is 21.7 Å². The van der Waals surface area contributed by atoms with Crippen LogP contribution in [0.4, 0.5) is 4.39 Å². The first-order valence-corrected chi connectivity index (χ1v) is 8.49. The van der Waals surface area contributed by atoms with Crippen molar-refractivity contribution in [2.75, 3.05) is 0 Å². The van der Waals surface area contributed by atoms with Crippen molar-refractivity contribution in [1.82, 2.24) is 14.9 Å². The van der Waals surface area contributed by atoms with Gasteiger partial charge in [-0.15, -0.1) is 0 Å². The number of halogens is 1. The first-order chi connectivity index (χ1) is 11.3. The lowest BCUT2D eigenvalue weighted by molar-refractivity contribution is 0.421. The molecule has 9 heteroatoms. The molecule has 0 saturated carbocycles. The third-order valence-corrected chi connectivity index (χ3v) is 4.75. The molecule has 0 atom stereocenters. The summed E-state index contributed by atoms with van der Waals surface area (Å²) in [5.41, 5.74) is 0.415. The van der Waals surface area contributed by atoms with Gasteiger partial charge in [0.2, 0.25) is 10.0 Å². The number of nitrogens with one attached hydrogen (secondary N) is 1. The summed E-state index contributed by atoms with van der Waals surface area (Å²) in [7, 11) is -3.76. The maximum absolute atomic E-state index is 13.2. The predicted molar refractivity (Wildman–Crippen MR) is 81.9 cm³/mol. The van der Waals surface area contributed by atoms with Gasteiger partial charge in [0, 0.05) is 5.56 Å². The minimum atomic E-state index is -3.76. The number of rotatable bonds is 5. The summed E-state index contributed by atoms with van der Waals surface area (Å²) in [5.74, 6) is 0.614.